The maximum absolute atomic E-state index is 7.38. The van der Waals surface area contributed by atoms with Crippen molar-refractivity contribution >= 4 is 24.4 Å². The van der Waals surface area contributed by atoms with Gasteiger partial charge in [0.25, 0.3) is 0 Å². The van der Waals surface area contributed by atoms with E-state index in [2.05, 4.69) is 0 Å². The van der Waals surface area contributed by atoms with E-state index in [0.29, 0.717) is 8.37 Å². The van der Waals surface area contributed by atoms with Crippen molar-refractivity contribution in [2.75, 3.05) is 7.11 Å². The van der Waals surface area contributed by atoms with Crippen molar-refractivity contribution in [1.29, 1.82) is 5.16 Å². The molecule has 2 nitrogen and oxygen atoms in total. The molecule has 0 aliphatic carbocycles. The predicted octanol–water partition coefficient (Wildman–Crippen LogP) is 3.18. The molecule has 0 saturated heterocycles. The molecule has 70 valence electrons. The molecule has 0 spiro atoms. The highest BCUT2D eigenvalue weighted by molar-refractivity contribution is 7.36. The van der Waals surface area contributed by atoms with Gasteiger partial charge in [-0.2, -0.15) is 0 Å². The lowest BCUT2D eigenvalue weighted by atomic mass is 10.1. The molecule has 2 rings (SSSR count). The Balaban J connectivity index is 2.84. The van der Waals surface area contributed by atoms with Gasteiger partial charge >= 0.3 is 0 Å². The Labute approximate surface area is 84.2 Å². The van der Waals surface area contributed by atoms with Crippen LogP contribution < -0.4 is 10.0 Å². The number of benzene rings is 2. The molecule has 14 heavy (non-hydrogen) atoms. The van der Waals surface area contributed by atoms with Gasteiger partial charge in [-0.15, -0.1) is 0 Å². The molecule has 0 heterocycles. The van der Waals surface area contributed by atoms with Crippen molar-refractivity contribution in [2.45, 2.75) is 0 Å². The van der Waals surface area contributed by atoms with Crippen molar-refractivity contribution in [1.82, 2.24) is 0 Å². The standard InChI is InChI=1S/C11H10NOP/c1-13-10-6-7-11(14-12)9-5-3-2-4-8(9)10/h2-7,12H,1H3. The lowest BCUT2D eigenvalue weighted by Gasteiger charge is -2.06. The average Bonchev–Trinajstić information content (AvgIpc) is 2.27. The fraction of sp³-hybridized carbons (Fsp3) is 0.0909. The van der Waals surface area contributed by atoms with Crippen LogP contribution in [-0.4, -0.2) is 7.11 Å². The summed E-state index contributed by atoms with van der Waals surface area (Å²) in [5.74, 6) is 0.869. The fourth-order valence-electron chi connectivity index (χ4n) is 1.53. The molecule has 0 fully saturated rings. The first-order valence-corrected chi connectivity index (χ1v) is 5.19. The van der Waals surface area contributed by atoms with E-state index in [4.69, 9.17) is 9.90 Å². The second kappa shape index (κ2) is 3.77. The minimum absolute atomic E-state index is 0.544. The average molecular weight is 203 g/mol. The Hall–Kier alpha value is -1.40. The van der Waals surface area contributed by atoms with Crippen molar-refractivity contribution in [3.8, 4) is 5.75 Å². The zero-order valence-corrected chi connectivity index (χ0v) is 8.71. The number of hydrogen-bond acceptors (Lipinski definition) is 2. The maximum atomic E-state index is 7.38. The largest absolute Gasteiger partial charge is 0.496 e. The smallest absolute Gasteiger partial charge is 0.126 e. The summed E-state index contributed by atoms with van der Waals surface area (Å²) in [5, 5.41) is 10.6. The highest BCUT2D eigenvalue weighted by atomic mass is 31.1. The normalized spacial score (nSPS) is 10.6. The third-order valence-electron chi connectivity index (χ3n) is 2.20. The van der Waals surface area contributed by atoms with Crippen molar-refractivity contribution in [3.63, 3.8) is 0 Å². The first kappa shape index (κ1) is 9.17. The van der Waals surface area contributed by atoms with Gasteiger partial charge in [0.15, 0.2) is 0 Å². The van der Waals surface area contributed by atoms with Crippen LogP contribution in [0.5, 0.6) is 5.75 Å². The minimum Gasteiger partial charge on any atom is -0.496 e. The Bertz CT molecular complexity index is 482. The molecule has 2 aromatic carbocycles. The van der Waals surface area contributed by atoms with Crippen LogP contribution in [0.1, 0.15) is 0 Å². The van der Waals surface area contributed by atoms with Crippen LogP contribution in [0.2, 0.25) is 0 Å². The van der Waals surface area contributed by atoms with Gasteiger partial charge in [-0.1, -0.05) is 24.3 Å². The molecular formula is C11H10NOP. The molecule has 0 atom stereocenters. The van der Waals surface area contributed by atoms with Crippen LogP contribution in [0.25, 0.3) is 10.8 Å². The second-order valence-electron chi connectivity index (χ2n) is 2.94. The highest BCUT2D eigenvalue weighted by Gasteiger charge is 2.03. The van der Waals surface area contributed by atoms with E-state index >= 15 is 0 Å². The molecular weight excluding hydrogens is 193 g/mol. The quantitative estimate of drug-likeness (QED) is 0.747. The SMILES string of the molecule is COc1ccc(P=N)c2ccccc12. The number of hydrogen-bond donors (Lipinski definition) is 1. The van der Waals surface area contributed by atoms with Gasteiger partial charge < -0.3 is 4.74 Å². The van der Waals surface area contributed by atoms with Crippen LogP contribution in [0.15, 0.2) is 36.4 Å². The van der Waals surface area contributed by atoms with Crippen molar-refractivity contribution < 1.29 is 4.74 Å². The molecule has 0 saturated carbocycles. The summed E-state index contributed by atoms with van der Waals surface area (Å²) in [4.78, 5) is 0. The van der Waals surface area contributed by atoms with E-state index < -0.39 is 0 Å². The van der Waals surface area contributed by atoms with E-state index in [0.717, 1.165) is 21.8 Å². The molecule has 0 amide bonds. The molecule has 0 aliphatic heterocycles. The second-order valence-corrected chi connectivity index (χ2v) is 3.65. The van der Waals surface area contributed by atoms with Gasteiger partial charge in [0.05, 0.1) is 7.11 Å². The number of nitrogens with one attached hydrogen (secondary N) is 1. The maximum Gasteiger partial charge on any atom is 0.126 e. The summed E-state index contributed by atoms with van der Waals surface area (Å²) in [6.07, 6.45) is 0. The summed E-state index contributed by atoms with van der Waals surface area (Å²) in [7, 11) is 2.21. The molecule has 0 aromatic heterocycles. The molecule has 0 radical (unpaired) electrons. The zero-order valence-electron chi connectivity index (χ0n) is 7.82. The highest BCUT2D eigenvalue weighted by Crippen LogP contribution is 2.25. The third kappa shape index (κ3) is 1.38. The minimum atomic E-state index is 0.544. The molecule has 3 heteroatoms. The Morgan fingerprint density at radius 2 is 1.79 bits per heavy atom. The molecule has 0 unspecified atom stereocenters. The van der Waals surface area contributed by atoms with E-state index in [1.165, 1.54) is 0 Å². The predicted molar refractivity (Wildman–Crippen MR) is 59.8 cm³/mol. The van der Waals surface area contributed by atoms with Gasteiger partial charge in [-0.25, -0.2) is 0 Å². The van der Waals surface area contributed by atoms with Gasteiger partial charge in [0.1, 0.15) is 5.75 Å². The summed E-state index contributed by atoms with van der Waals surface area (Å²) in [6, 6.07) is 11.9. The monoisotopic (exact) mass is 203 g/mol. The van der Waals surface area contributed by atoms with Crippen molar-refractivity contribution in [2.24, 2.45) is 0 Å². The Morgan fingerprint density at radius 3 is 2.43 bits per heavy atom. The van der Waals surface area contributed by atoms with Gasteiger partial charge in [-0.3, -0.25) is 5.16 Å². The summed E-state index contributed by atoms with van der Waals surface area (Å²) in [6.45, 7) is 0. The molecule has 1 N–H and O–H groups in total. The first-order chi connectivity index (χ1) is 6.86. The summed E-state index contributed by atoms with van der Waals surface area (Å²) in [5.41, 5.74) is 0. The lowest BCUT2D eigenvalue weighted by Crippen LogP contribution is -1.95. The van der Waals surface area contributed by atoms with Crippen LogP contribution >= 0.6 is 8.37 Å². The van der Waals surface area contributed by atoms with E-state index in [1.807, 2.05) is 36.4 Å². The molecule has 0 bridgehead atoms. The van der Waals surface area contributed by atoms with E-state index in [1.54, 1.807) is 7.11 Å². The van der Waals surface area contributed by atoms with Crippen LogP contribution in [0, 0.1) is 5.16 Å². The first-order valence-electron chi connectivity index (χ1n) is 4.30. The van der Waals surface area contributed by atoms with Gasteiger partial charge in [-0.05, 0) is 17.5 Å². The van der Waals surface area contributed by atoms with Crippen LogP contribution in [0.4, 0.5) is 0 Å². The van der Waals surface area contributed by atoms with Crippen LogP contribution in [-0.2, 0) is 0 Å². The number of rotatable bonds is 2. The zero-order chi connectivity index (χ0) is 9.97. The number of methoxy groups -OCH3 is 1. The van der Waals surface area contributed by atoms with E-state index in [9.17, 15) is 0 Å². The topological polar surface area (TPSA) is 33.1 Å². The van der Waals surface area contributed by atoms with Crippen LogP contribution in [0.3, 0.4) is 0 Å². The Morgan fingerprint density at radius 1 is 1.07 bits per heavy atom. The lowest BCUT2D eigenvalue weighted by molar-refractivity contribution is 0.420. The molecule has 0 aliphatic rings. The van der Waals surface area contributed by atoms with Crippen molar-refractivity contribution in [3.05, 3.63) is 36.4 Å². The molecule has 2 aromatic rings. The van der Waals surface area contributed by atoms with E-state index in [-0.39, 0.29) is 0 Å². The third-order valence-corrected chi connectivity index (χ3v) is 2.83. The summed E-state index contributed by atoms with van der Waals surface area (Å²) < 4.78 is 5.26. The summed E-state index contributed by atoms with van der Waals surface area (Å²) >= 11 is 0. The van der Waals surface area contributed by atoms with Gasteiger partial charge in [0, 0.05) is 19.1 Å². The fourth-order valence-corrected chi connectivity index (χ4v) is 2.00. The number of ether oxygens (including phenoxy) is 1. The van der Waals surface area contributed by atoms with Gasteiger partial charge in [0.2, 0.25) is 0 Å². The number of fused-ring (bicyclic) bond motifs is 1. The Kier molecular flexibility index (Phi) is 2.47.